The van der Waals surface area contributed by atoms with E-state index in [1.807, 2.05) is 6.92 Å². The summed E-state index contributed by atoms with van der Waals surface area (Å²) in [6.45, 7) is 4.12. The van der Waals surface area contributed by atoms with E-state index in [0.29, 0.717) is 16.7 Å². The second-order valence-electron chi connectivity index (χ2n) is 3.66. The van der Waals surface area contributed by atoms with Crippen LogP contribution in [0, 0.1) is 0 Å². The molecule has 0 saturated carbocycles. The summed E-state index contributed by atoms with van der Waals surface area (Å²) in [4.78, 5) is 11.5. The second-order valence-corrected chi connectivity index (χ2v) is 4.48. The smallest absolute Gasteiger partial charge is 0.328 e. The first-order chi connectivity index (χ1) is 8.04. The number of ether oxygens (including phenoxy) is 1. The molecule has 0 aliphatic carbocycles. The molecule has 0 fully saturated rings. The van der Waals surface area contributed by atoms with Gasteiger partial charge in [-0.2, -0.15) is 0 Å². The Kier molecular flexibility index (Phi) is 5.59. The first kappa shape index (κ1) is 14.1. The minimum Gasteiger partial charge on any atom is -0.464 e. The zero-order valence-electron chi connectivity index (χ0n) is 9.80. The van der Waals surface area contributed by atoms with Gasteiger partial charge >= 0.3 is 5.97 Å². The molecular formula is C12H15Cl2NO2. The van der Waals surface area contributed by atoms with Crippen LogP contribution < -0.4 is 5.32 Å². The third-order valence-electron chi connectivity index (χ3n) is 2.10. The number of rotatable bonds is 5. The largest absolute Gasteiger partial charge is 0.464 e. The van der Waals surface area contributed by atoms with Crippen molar-refractivity contribution in [1.29, 1.82) is 0 Å². The third-order valence-corrected chi connectivity index (χ3v) is 2.84. The number of carbonyl (C=O) groups excluding carboxylic acids is 1. The van der Waals surface area contributed by atoms with Crippen molar-refractivity contribution in [2.75, 3.05) is 11.9 Å². The molecule has 1 aromatic rings. The van der Waals surface area contributed by atoms with Gasteiger partial charge in [-0.25, -0.2) is 4.79 Å². The van der Waals surface area contributed by atoms with E-state index < -0.39 is 6.04 Å². The topological polar surface area (TPSA) is 38.3 Å². The molecule has 0 radical (unpaired) electrons. The molecule has 3 nitrogen and oxygen atoms in total. The summed E-state index contributed by atoms with van der Waals surface area (Å²) in [5, 5.41) is 3.94. The van der Waals surface area contributed by atoms with Crippen LogP contribution in [0.15, 0.2) is 18.2 Å². The van der Waals surface area contributed by atoms with Crippen LogP contribution in [0.2, 0.25) is 10.0 Å². The summed E-state index contributed by atoms with van der Waals surface area (Å²) in [5.41, 5.74) is 0.736. The first-order valence-corrected chi connectivity index (χ1v) is 6.18. The van der Waals surface area contributed by atoms with Gasteiger partial charge in [0.2, 0.25) is 0 Å². The number of hydrogen-bond acceptors (Lipinski definition) is 3. The highest BCUT2D eigenvalue weighted by Crippen LogP contribution is 2.25. The van der Waals surface area contributed by atoms with Gasteiger partial charge in [0.15, 0.2) is 0 Å². The fourth-order valence-electron chi connectivity index (χ4n) is 1.22. The predicted octanol–water partition coefficient (Wildman–Crippen LogP) is 3.75. The lowest BCUT2D eigenvalue weighted by molar-refractivity contribution is -0.144. The molecule has 0 bridgehead atoms. The Morgan fingerprint density at radius 1 is 1.41 bits per heavy atom. The van der Waals surface area contributed by atoms with Crippen molar-refractivity contribution in [3.63, 3.8) is 0 Å². The molecule has 5 heteroatoms. The molecule has 1 atom stereocenters. The summed E-state index contributed by atoms with van der Waals surface area (Å²) in [7, 11) is 0. The van der Waals surface area contributed by atoms with E-state index in [-0.39, 0.29) is 5.97 Å². The van der Waals surface area contributed by atoms with Gasteiger partial charge in [0, 0.05) is 5.69 Å². The van der Waals surface area contributed by atoms with Gasteiger partial charge < -0.3 is 10.1 Å². The van der Waals surface area contributed by atoms with Crippen molar-refractivity contribution < 1.29 is 9.53 Å². The van der Waals surface area contributed by atoms with Crippen LogP contribution in [0.25, 0.3) is 0 Å². The fraction of sp³-hybridized carbons (Fsp3) is 0.417. The number of halogens is 2. The third kappa shape index (κ3) is 4.44. The maximum atomic E-state index is 11.5. The van der Waals surface area contributed by atoms with Crippen LogP contribution in [0.1, 0.15) is 20.3 Å². The Labute approximate surface area is 111 Å². The van der Waals surface area contributed by atoms with Gasteiger partial charge in [-0.15, -0.1) is 0 Å². The summed E-state index contributed by atoms with van der Waals surface area (Å²) in [5.74, 6) is -0.280. The average molecular weight is 276 g/mol. The summed E-state index contributed by atoms with van der Waals surface area (Å²) in [6, 6.07) is 4.69. The van der Waals surface area contributed by atoms with Crippen LogP contribution in [0.5, 0.6) is 0 Å². The highest BCUT2D eigenvalue weighted by Gasteiger charge is 2.14. The van der Waals surface area contributed by atoms with E-state index in [1.54, 1.807) is 25.1 Å². The Morgan fingerprint density at radius 3 is 2.71 bits per heavy atom. The van der Waals surface area contributed by atoms with Crippen LogP contribution >= 0.6 is 23.2 Å². The Balaban J connectivity index is 2.58. The highest BCUT2D eigenvalue weighted by molar-refractivity contribution is 6.42. The molecule has 1 unspecified atom stereocenters. The minimum absolute atomic E-state index is 0.280. The number of hydrogen-bond donors (Lipinski definition) is 1. The van der Waals surface area contributed by atoms with E-state index in [0.717, 1.165) is 12.1 Å². The number of esters is 1. The summed E-state index contributed by atoms with van der Waals surface area (Å²) >= 11 is 11.7. The average Bonchev–Trinajstić information content (AvgIpc) is 2.30. The van der Waals surface area contributed by atoms with Gasteiger partial charge in [0.1, 0.15) is 6.04 Å². The summed E-state index contributed by atoms with van der Waals surface area (Å²) < 4.78 is 5.02. The fourth-order valence-corrected chi connectivity index (χ4v) is 1.52. The van der Waals surface area contributed by atoms with Gasteiger partial charge in [0.25, 0.3) is 0 Å². The van der Waals surface area contributed by atoms with Crippen molar-refractivity contribution in [2.45, 2.75) is 26.3 Å². The predicted molar refractivity (Wildman–Crippen MR) is 70.8 cm³/mol. The maximum absolute atomic E-state index is 11.5. The number of benzene rings is 1. The quantitative estimate of drug-likeness (QED) is 0.832. The number of carbonyl (C=O) groups is 1. The Morgan fingerprint density at radius 2 is 2.12 bits per heavy atom. The first-order valence-electron chi connectivity index (χ1n) is 5.42. The van der Waals surface area contributed by atoms with Gasteiger partial charge in [-0.05, 0) is 31.5 Å². The normalized spacial score (nSPS) is 12.0. The van der Waals surface area contributed by atoms with Gasteiger partial charge in [-0.3, -0.25) is 0 Å². The molecule has 0 amide bonds. The molecular weight excluding hydrogens is 261 g/mol. The Bertz CT molecular complexity index is 396. The molecule has 94 valence electrons. The van der Waals surface area contributed by atoms with E-state index in [1.165, 1.54) is 0 Å². The van der Waals surface area contributed by atoms with Crippen molar-refractivity contribution in [1.82, 2.24) is 0 Å². The lowest BCUT2D eigenvalue weighted by Gasteiger charge is -2.14. The molecule has 17 heavy (non-hydrogen) atoms. The Hall–Kier alpha value is -0.930. The molecule has 0 aromatic heterocycles. The van der Waals surface area contributed by atoms with Crippen LogP contribution in [0.3, 0.4) is 0 Å². The summed E-state index contributed by atoms with van der Waals surface area (Å²) in [6.07, 6.45) is 0.811. The van der Waals surface area contributed by atoms with Crippen molar-refractivity contribution >= 4 is 34.9 Å². The highest BCUT2D eigenvalue weighted by atomic mass is 35.5. The molecule has 0 aliphatic rings. The maximum Gasteiger partial charge on any atom is 0.328 e. The SMILES string of the molecule is CCCOC(=O)C(C)Nc1ccc(Cl)c(Cl)c1. The van der Waals surface area contributed by atoms with Crippen LogP contribution in [-0.4, -0.2) is 18.6 Å². The lowest BCUT2D eigenvalue weighted by Crippen LogP contribution is -2.28. The minimum atomic E-state index is -0.418. The number of nitrogens with one attached hydrogen (secondary N) is 1. The molecule has 1 N–H and O–H groups in total. The van der Waals surface area contributed by atoms with Crippen molar-refractivity contribution in [2.24, 2.45) is 0 Å². The molecule has 1 rings (SSSR count). The second kappa shape index (κ2) is 6.72. The molecule has 0 heterocycles. The molecule has 0 aliphatic heterocycles. The zero-order valence-corrected chi connectivity index (χ0v) is 11.3. The molecule has 1 aromatic carbocycles. The van der Waals surface area contributed by atoms with Crippen molar-refractivity contribution in [3.8, 4) is 0 Å². The van der Waals surface area contributed by atoms with Crippen molar-refractivity contribution in [3.05, 3.63) is 28.2 Å². The lowest BCUT2D eigenvalue weighted by atomic mass is 10.2. The van der Waals surface area contributed by atoms with E-state index in [9.17, 15) is 4.79 Å². The van der Waals surface area contributed by atoms with E-state index in [2.05, 4.69) is 5.32 Å². The van der Waals surface area contributed by atoms with E-state index in [4.69, 9.17) is 27.9 Å². The van der Waals surface area contributed by atoms with Gasteiger partial charge in [-0.1, -0.05) is 30.1 Å². The molecule has 0 saturated heterocycles. The van der Waals surface area contributed by atoms with Gasteiger partial charge in [0.05, 0.1) is 16.7 Å². The standard InChI is InChI=1S/C12H15Cl2NO2/c1-3-6-17-12(16)8(2)15-9-4-5-10(13)11(14)7-9/h4-5,7-8,15H,3,6H2,1-2H3. The zero-order chi connectivity index (χ0) is 12.8. The van der Waals surface area contributed by atoms with Crippen LogP contribution in [0.4, 0.5) is 5.69 Å². The number of anilines is 1. The van der Waals surface area contributed by atoms with Crippen LogP contribution in [-0.2, 0) is 9.53 Å². The monoisotopic (exact) mass is 275 g/mol. The van der Waals surface area contributed by atoms with E-state index >= 15 is 0 Å². The molecule has 0 spiro atoms.